The molecule has 3 rings (SSSR count). The summed E-state index contributed by atoms with van der Waals surface area (Å²) in [5.74, 6) is 0.821. The van der Waals surface area contributed by atoms with E-state index in [1.807, 2.05) is 30.5 Å². The summed E-state index contributed by atoms with van der Waals surface area (Å²) in [6, 6.07) is 16.4. The van der Waals surface area contributed by atoms with Crippen molar-refractivity contribution in [1.29, 1.82) is 0 Å². The summed E-state index contributed by atoms with van der Waals surface area (Å²) in [5.41, 5.74) is 3.13. The molecule has 0 aliphatic heterocycles. The third-order valence-corrected chi connectivity index (χ3v) is 4.55. The van der Waals surface area contributed by atoms with Crippen molar-refractivity contribution in [2.75, 3.05) is 6.61 Å². The van der Waals surface area contributed by atoms with E-state index in [9.17, 15) is 4.39 Å². The molecule has 0 spiro atoms. The van der Waals surface area contributed by atoms with Crippen LogP contribution in [0, 0.1) is 0 Å². The number of allylic oxidation sites excluding steroid dienone is 1. The highest BCUT2D eigenvalue weighted by molar-refractivity contribution is 5.87. The molecule has 0 N–H and O–H groups in total. The third kappa shape index (κ3) is 5.53. The molecule has 0 saturated carbocycles. The van der Waals surface area contributed by atoms with Gasteiger partial charge >= 0.3 is 0 Å². The minimum atomic E-state index is -0.717. The van der Waals surface area contributed by atoms with Gasteiger partial charge in [-0.2, -0.15) is 0 Å². The lowest BCUT2D eigenvalue weighted by Gasteiger charge is -2.06. The number of pyridine rings is 1. The second-order valence-corrected chi connectivity index (χ2v) is 6.91. The van der Waals surface area contributed by atoms with Gasteiger partial charge in [-0.25, -0.2) is 4.39 Å². The van der Waals surface area contributed by atoms with Crippen LogP contribution in [0.5, 0.6) is 5.75 Å². The van der Waals surface area contributed by atoms with Crippen molar-refractivity contribution in [3.05, 3.63) is 79.0 Å². The van der Waals surface area contributed by atoms with E-state index in [0.717, 1.165) is 46.2 Å². The van der Waals surface area contributed by atoms with Gasteiger partial charge in [0.15, 0.2) is 0 Å². The van der Waals surface area contributed by atoms with Gasteiger partial charge < -0.3 is 4.74 Å². The second kappa shape index (κ2) is 9.84. The highest BCUT2D eigenvalue weighted by Crippen LogP contribution is 2.25. The minimum absolute atomic E-state index is 0.499. The maximum Gasteiger partial charge on any atom is 0.119 e. The van der Waals surface area contributed by atoms with E-state index >= 15 is 0 Å². The molecule has 0 aliphatic rings. The lowest BCUT2D eigenvalue weighted by atomic mass is 10.0. The molecular formula is C25H26FNO. The lowest BCUT2D eigenvalue weighted by Crippen LogP contribution is -1.92. The first-order valence-corrected chi connectivity index (χ1v) is 9.70. The Bertz CT molecular complexity index is 944. The molecule has 1 heterocycles. The minimum Gasteiger partial charge on any atom is -0.490 e. The standard InChI is InChI=1S/C25H26FNO/c1-3-15-28-24-13-11-21(12-14-24)25-17-22-10-9-20(16-23(22)18-27-25)8-6-4-5-7-19(2)26/h3,6,8-14,16-19H,1,4-5,7,15H2,2H3. The SMILES string of the molecule is C=CCOc1ccc(-c2cc3ccc(C=CCCCC(C)F)cc3cn2)cc1. The molecule has 3 aromatic rings. The largest absolute Gasteiger partial charge is 0.490 e. The molecule has 1 atom stereocenters. The van der Waals surface area contributed by atoms with Gasteiger partial charge in [-0.15, -0.1) is 0 Å². The molecule has 2 nitrogen and oxygen atoms in total. The van der Waals surface area contributed by atoms with Crippen molar-refractivity contribution in [3.8, 4) is 17.0 Å². The summed E-state index contributed by atoms with van der Waals surface area (Å²) in [6.07, 6.45) is 9.53. The number of unbranched alkanes of at least 4 members (excludes halogenated alkanes) is 1. The van der Waals surface area contributed by atoms with Crippen LogP contribution in [0.25, 0.3) is 28.1 Å². The van der Waals surface area contributed by atoms with Gasteiger partial charge in [-0.1, -0.05) is 36.9 Å². The first kappa shape index (κ1) is 19.8. The number of halogens is 1. The summed E-state index contributed by atoms with van der Waals surface area (Å²) >= 11 is 0. The first-order chi connectivity index (χ1) is 13.7. The maximum absolute atomic E-state index is 12.8. The molecule has 144 valence electrons. The van der Waals surface area contributed by atoms with Gasteiger partial charge in [0.1, 0.15) is 12.4 Å². The Morgan fingerprint density at radius 2 is 1.93 bits per heavy atom. The summed E-state index contributed by atoms with van der Waals surface area (Å²) < 4.78 is 18.3. The Balaban J connectivity index is 1.70. The Morgan fingerprint density at radius 3 is 2.68 bits per heavy atom. The number of aromatic nitrogens is 1. The van der Waals surface area contributed by atoms with Crippen LogP contribution in [-0.2, 0) is 0 Å². The van der Waals surface area contributed by atoms with Crippen LogP contribution in [0.4, 0.5) is 4.39 Å². The highest BCUT2D eigenvalue weighted by Gasteiger charge is 2.03. The van der Waals surface area contributed by atoms with Crippen molar-refractivity contribution >= 4 is 16.8 Å². The van der Waals surface area contributed by atoms with Crippen molar-refractivity contribution < 1.29 is 9.13 Å². The zero-order chi connectivity index (χ0) is 19.8. The van der Waals surface area contributed by atoms with Crippen molar-refractivity contribution in [3.63, 3.8) is 0 Å². The average Bonchev–Trinajstić information content (AvgIpc) is 2.71. The van der Waals surface area contributed by atoms with Gasteiger partial charge in [0.2, 0.25) is 0 Å². The molecule has 28 heavy (non-hydrogen) atoms. The number of hydrogen-bond donors (Lipinski definition) is 0. The van der Waals surface area contributed by atoms with Crippen LogP contribution in [-0.4, -0.2) is 17.8 Å². The number of rotatable bonds is 9. The number of alkyl halides is 1. The smallest absolute Gasteiger partial charge is 0.119 e. The molecule has 3 heteroatoms. The van der Waals surface area contributed by atoms with E-state index in [4.69, 9.17) is 4.74 Å². The highest BCUT2D eigenvalue weighted by atomic mass is 19.1. The van der Waals surface area contributed by atoms with E-state index in [0.29, 0.717) is 13.0 Å². The Morgan fingerprint density at radius 1 is 1.11 bits per heavy atom. The summed E-state index contributed by atoms with van der Waals surface area (Å²) in [6.45, 7) is 5.76. The Kier molecular flexibility index (Phi) is 6.96. The molecular weight excluding hydrogens is 349 g/mol. The van der Waals surface area contributed by atoms with Crippen LogP contribution in [0.15, 0.2) is 73.5 Å². The molecule has 0 fully saturated rings. The van der Waals surface area contributed by atoms with Crippen LogP contribution < -0.4 is 4.74 Å². The number of ether oxygens (including phenoxy) is 1. The van der Waals surface area contributed by atoms with Crippen LogP contribution in [0.2, 0.25) is 0 Å². The van der Waals surface area contributed by atoms with Crippen molar-refractivity contribution in [2.24, 2.45) is 0 Å². The quantitative estimate of drug-likeness (QED) is 0.296. The summed E-state index contributed by atoms with van der Waals surface area (Å²) in [5, 5.41) is 2.26. The van der Waals surface area contributed by atoms with Gasteiger partial charge in [0.25, 0.3) is 0 Å². The van der Waals surface area contributed by atoms with Crippen LogP contribution in [0.3, 0.4) is 0 Å². The normalized spacial score (nSPS) is 12.4. The molecule has 0 saturated heterocycles. The van der Waals surface area contributed by atoms with E-state index < -0.39 is 6.17 Å². The molecule has 1 aromatic heterocycles. The zero-order valence-corrected chi connectivity index (χ0v) is 16.3. The zero-order valence-electron chi connectivity index (χ0n) is 16.3. The third-order valence-electron chi connectivity index (χ3n) is 4.55. The van der Waals surface area contributed by atoms with E-state index in [2.05, 4.69) is 48.0 Å². The van der Waals surface area contributed by atoms with Gasteiger partial charge in [0.05, 0.1) is 11.9 Å². The second-order valence-electron chi connectivity index (χ2n) is 6.91. The molecule has 0 aliphatic carbocycles. The van der Waals surface area contributed by atoms with Crippen molar-refractivity contribution in [1.82, 2.24) is 4.98 Å². The van der Waals surface area contributed by atoms with Gasteiger partial charge in [0, 0.05) is 17.1 Å². The molecule has 0 bridgehead atoms. The Labute approximate surface area is 166 Å². The monoisotopic (exact) mass is 375 g/mol. The molecule has 0 amide bonds. The number of fused-ring (bicyclic) bond motifs is 1. The first-order valence-electron chi connectivity index (χ1n) is 9.70. The van der Waals surface area contributed by atoms with Crippen LogP contribution in [0.1, 0.15) is 31.7 Å². The predicted molar refractivity (Wildman–Crippen MR) is 116 cm³/mol. The molecule has 0 radical (unpaired) electrons. The topological polar surface area (TPSA) is 22.1 Å². The number of benzene rings is 2. The van der Waals surface area contributed by atoms with E-state index in [1.165, 1.54) is 0 Å². The van der Waals surface area contributed by atoms with E-state index in [1.54, 1.807) is 13.0 Å². The van der Waals surface area contributed by atoms with Crippen LogP contribution >= 0.6 is 0 Å². The number of hydrogen-bond acceptors (Lipinski definition) is 2. The molecule has 1 unspecified atom stereocenters. The molecule has 2 aromatic carbocycles. The fourth-order valence-electron chi connectivity index (χ4n) is 3.04. The van der Waals surface area contributed by atoms with Gasteiger partial charge in [-0.05, 0) is 73.5 Å². The average molecular weight is 375 g/mol. The predicted octanol–water partition coefficient (Wildman–Crippen LogP) is 7.01. The van der Waals surface area contributed by atoms with Gasteiger partial charge in [-0.3, -0.25) is 4.98 Å². The van der Waals surface area contributed by atoms with E-state index in [-0.39, 0.29) is 0 Å². The number of nitrogens with zero attached hydrogens (tertiary/aromatic N) is 1. The lowest BCUT2D eigenvalue weighted by molar-refractivity contribution is 0.335. The maximum atomic E-state index is 12.8. The Hall–Kier alpha value is -2.94. The summed E-state index contributed by atoms with van der Waals surface area (Å²) in [4.78, 5) is 4.62. The fourth-order valence-corrected chi connectivity index (χ4v) is 3.04. The summed E-state index contributed by atoms with van der Waals surface area (Å²) in [7, 11) is 0. The fraction of sp³-hybridized carbons (Fsp3) is 0.240. The van der Waals surface area contributed by atoms with Crippen molar-refractivity contribution in [2.45, 2.75) is 32.4 Å².